The lowest BCUT2D eigenvalue weighted by Crippen LogP contribution is -2.14. The van der Waals surface area contributed by atoms with Crippen molar-refractivity contribution in [3.8, 4) is 11.4 Å². The Morgan fingerprint density at radius 2 is 1.96 bits per heavy atom. The largest absolute Gasteiger partial charge is 0.325 e. The van der Waals surface area contributed by atoms with Gasteiger partial charge in [-0.3, -0.25) is 9.36 Å². The standard InChI is InChI=1S/C19H16F2N4OS/c20-12-4-3-5-13(10-12)22-17(26)11-27-19-24-23-18(25(19)14-8-9-14)15-6-1-2-7-16(15)21/h1-7,10,14H,8-9,11H2,(H,22,26). The summed E-state index contributed by atoms with van der Waals surface area (Å²) in [4.78, 5) is 12.2. The zero-order valence-corrected chi connectivity index (χ0v) is 15.0. The summed E-state index contributed by atoms with van der Waals surface area (Å²) >= 11 is 1.23. The number of thioether (sulfide) groups is 1. The van der Waals surface area contributed by atoms with Crippen molar-refractivity contribution in [2.45, 2.75) is 24.0 Å². The average Bonchev–Trinajstić information content (AvgIpc) is 3.40. The highest BCUT2D eigenvalue weighted by Gasteiger charge is 2.31. The van der Waals surface area contributed by atoms with Gasteiger partial charge in [0.1, 0.15) is 11.6 Å². The van der Waals surface area contributed by atoms with Gasteiger partial charge in [-0.25, -0.2) is 8.78 Å². The zero-order chi connectivity index (χ0) is 18.8. The van der Waals surface area contributed by atoms with E-state index < -0.39 is 5.82 Å². The molecule has 4 rings (SSSR count). The topological polar surface area (TPSA) is 59.8 Å². The quantitative estimate of drug-likeness (QED) is 0.642. The van der Waals surface area contributed by atoms with E-state index in [1.165, 1.54) is 36.0 Å². The fraction of sp³-hybridized carbons (Fsp3) is 0.211. The van der Waals surface area contributed by atoms with E-state index in [9.17, 15) is 13.6 Å². The van der Waals surface area contributed by atoms with E-state index in [1.807, 2.05) is 4.57 Å². The molecule has 1 saturated carbocycles. The van der Waals surface area contributed by atoms with Crippen LogP contribution in [0.3, 0.4) is 0 Å². The van der Waals surface area contributed by atoms with Crippen LogP contribution in [-0.2, 0) is 4.79 Å². The van der Waals surface area contributed by atoms with E-state index in [2.05, 4.69) is 15.5 Å². The minimum absolute atomic E-state index is 0.0959. The summed E-state index contributed by atoms with van der Waals surface area (Å²) in [7, 11) is 0. The second-order valence-electron chi connectivity index (χ2n) is 6.23. The van der Waals surface area contributed by atoms with Crippen molar-refractivity contribution >= 4 is 23.4 Å². The molecule has 8 heteroatoms. The van der Waals surface area contributed by atoms with Crippen LogP contribution in [0.2, 0.25) is 0 Å². The van der Waals surface area contributed by atoms with E-state index in [0.29, 0.717) is 22.2 Å². The number of halogens is 2. The van der Waals surface area contributed by atoms with Gasteiger partial charge in [-0.2, -0.15) is 0 Å². The molecule has 0 bridgehead atoms. The normalized spacial score (nSPS) is 13.6. The van der Waals surface area contributed by atoms with E-state index in [4.69, 9.17) is 0 Å². The third-order valence-corrected chi connectivity index (χ3v) is 5.08. The molecule has 1 heterocycles. The van der Waals surface area contributed by atoms with Crippen molar-refractivity contribution in [1.29, 1.82) is 0 Å². The van der Waals surface area contributed by atoms with Crippen molar-refractivity contribution in [1.82, 2.24) is 14.8 Å². The number of hydrogen-bond donors (Lipinski definition) is 1. The fourth-order valence-electron chi connectivity index (χ4n) is 2.76. The van der Waals surface area contributed by atoms with Crippen molar-refractivity contribution in [3.05, 3.63) is 60.2 Å². The molecule has 1 amide bonds. The zero-order valence-electron chi connectivity index (χ0n) is 14.2. The second-order valence-corrected chi connectivity index (χ2v) is 7.18. The smallest absolute Gasteiger partial charge is 0.234 e. The molecule has 1 aliphatic rings. The molecular weight excluding hydrogens is 370 g/mol. The number of benzene rings is 2. The maximum atomic E-state index is 14.2. The maximum absolute atomic E-state index is 14.2. The number of carbonyl (C=O) groups excluding carboxylic acids is 1. The van der Waals surface area contributed by atoms with Crippen molar-refractivity contribution in [2.75, 3.05) is 11.1 Å². The van der Waals surface area contributed by atoms with E-state index in [-0.39, 0.29) is 23.5 Å². The molecule has 1 aliphatic carbocycles. The molecule has 3 aromatic rings. The van der Waals surface area contributed by atoms with E-state index in [1.54, 1.807) is 24.3 Å². The van der Waals surface area contributed by atoms with Gasteiger partial charge in [0.15, 0.2) is 11.0 Å². The first kappa shape index (κ1) is 17.7. The molecule has 1 fully saturated rings. The summed E-state index contributed by atoms with van der Waals surface area (Å²) in [5, 5.41) is 11.5. The molecule has 5 nitrogen and oxygen atoms in total. The molecule has 27 heavy (non-hydrogen) atoms. The number of rotatable bonds is 6. The predicted octanol–water partition coefficient (Wildman–Crippen LogP) is 4.29. The van der Waals surface area contributed by atoms with Crippen LogP contribution >= 0.6 is 11.8 Å². The molecule has 138 valence electrons. The van der Waals surface area contributed by atoms with Gasteiger partial charge in [0.25, 0.3) is 0 Å². The SMILES string of the molecule is O=C(CSc1nnc(-c2ccccc2F)n1C1CC1)Nc1cccc(F)c1. The first-order chi connectivity index (χ1) is 13.1. The molecule has 0 spiro atoms. The number of carbonyl (C=O) groups is 1. The number of nitrogens with one attached hydrogen (secondary N) is 1. The lowest BCUT2D eigenvalue weighted by molar-refractivity contribution is -0.113. The lowest BCUT2D eigenvalue weighted by atomic mass is 10.2. The van der Waals surface area contributed by atoms with Gasteiger partial charge in [0.2, 0.25) is 5.91 Å². The Balaban J connectivity index is 1.50. The van der Waals surface area contributed by atoms with Crippen molar-refractivity contribution < 1.29 is 13.6 Å². The van der Waals surface area contributed by atoms with Crippen LogP contribution in [-0.4, -0.2) is 26.4 Å². The van der Waals surface area contributed by atoms with Crippen molar-refractivity contribution in [3.63, 3.8) is 0 Å². The van der Waals surface area contributed by atoms with Gasteiger partial charge in [0, 0.05) is 11.7 Å². The number of hydrogen-bond acceptors (Lipinski definition) is 4. The Bertz CT molecular complexity index is 987. The van der Waals surface area contributed by atoms with E-state index >= 15 is 0 Å². The Morgan fingerprint density at radius 3 is 2.70 bits per heavy atom. The minimum Gasteiger partial charge on any atom is -0.325 e. The Hall–Kier alpha value is -2.74. The third kappa shape index (κ3) is 4.00. The van der Waals surface area contributed by atoms with Gasteiger partial charge in [-0.15, -0.1) is 10.2 Å². The van der Waals surface area contributed by atoms with Gasteiger partial charge in [0.05, 0.1) is 11.3 Å². The highest BCUT2D eigenvalue weighted by atomic mass is 32.2. The molecule has 1 N–H and O–H groups in total. The van der Waals surface area contributed by atoms with Gasteiger partial charge in [-0.1, -0.05) is 30.0 Å². The Kier molecular flexibility index (Phi) is 4.89. The first-order valence-electron chi connectivity index (χ1n) is 8.50. The molecule has 0 aliphatic heterocycles. The van der Waals surface area contributed by atoms with Crippen LogP contribution in [0.15, 0.2) is 53.7 Å². The maximum Gasteiger partial charge on any atom is 0.234 e. The molecule has 0 unspecified atom stereocenters. The van der Waals surface area contributed by atoms with E-state index in [0.717, 1.165) is 12.8 Å². The second kappa shape index (κ2) is 7.48. The summed E-state index contributed by atoms with van der Waals surface area (Å²) in [6, 6.07) is 12.4. The molecule has 2 aromatic carbocycles. The summed E-state index contributed by atoms with van der Waals surface area (Å²) in [6.45, 7) is 0. The monoisotopic (exact) mass is 386 g/mol. The lowest BCUT2D eigenvalue weighted by Gasteiger charge is -2.09. The summed E-state index contributed by atoms with van der Waals surface area (Å²) < 4.78 is 29.3. The van der Waals surface area contributed by atoms with Gasteiger partial charge >= 0.3 is 0 Å². The first-order valence-corrected chi connectivity index (χ1v) is 9.48. The molecule has 0 radical (unpaired) electrons. The molecular formula is C19H16F2N4OS. The Labute approximate surface area is 158 Å². The van der Waals surface area contributed by atoms with Gasteiger partial charge < -0.3 is 5.32 Å². The van der Waals surface area contributed by atoms with Crippen LogP contribution < -0.4 is 5.32 Å². The highest BCUT2D eigenvalue weighted by molar-refractivity contribution is 7.99. The summed E-state index contributed by atoms with van der Waals surface area (Å²) in [5.74, 6) is -0.471. The van der Waals surface area contributed by atoms with Crippen LogP contribution in [0.25, 0.3) is 11.4 Å². The fourth-order valence-corrected chi connectivity index (χ4v) is 3.56. The summed E-state index contributed by atoms with van der Waals surface area (Å²) in [5.41, 5.74) is 0.796. The molecule has 0 saturated heterocycles. The minimum atomic E-state index is -0.413. The third-order valence-electron chi connectivity index (χ3n) is 4.13. The van der Waals surface area contributed by atoms with Gasteiger partial charge in [-0.05, 0) is 43.2 Å². The molecule has 1 aromatic heterocycles. The Morgan fingerprint density at radius 1 is 1.15 bits per heavy atom. The number of anilines is 1. The van der Waals surface area contributed by atoms with Crippen molar-refractivity contribution in [2.24, 2.45) is 0 Å². The average molecular weight is 386 g/mol. The number of nitrogens with zero attached hydrogens (tertiary/aromatic N) is 3. The van der Waals surface area contributed by atoms with Crippen LogP contribution in [0.4, 0.5) is 14.5 Å². The predicted molar refractivity (Wildman–Crippen MR) is 99.4 cm³/mol. The van der Waals surface area contributed by atoms with Crippen LogP contribution in [0.1, 0.15) is 18.9 Å². The van der Waals surface area contributed by atoms with Crippen LogP contribution in [0.5, 0.6) is 0 Å². The summed E-state index contributed by atoms with van der Waals surface area (Å²) in [6.07, 6.45) is 1.95. The molecule has 0 atom stereocenters. The number of amides is 1. The highest BCUT2D eigenvalue weighted by Crippen LogP contribution is 2.41. The number of aromatic nitrogens is 3. The van der Waals surface area contributed by atoms with Crippen LogP contribution in [0, 0.1) is 11.6 Å².